The zero-order valence-corrected chi connectivity index (χ0v) is 19.1. The van der Waals surface area contributed by atoms with Crippen LogP contribution < -0.4 is 9.80 Å². The van der Waals surface area contributed by atoms with Gasteiger partial charge in [-0.1, -0.05) is 6.07 Å². The average Bonchev–Trinajstić information content (AvgIpc) is 3.33. The number of benzene rings is 1. The van der Waals surface area contributed by atoms with Crippen LogP contribution in [0.3, 0.4) is 0 Å². The van der Waals surface area contributed by atoms with Crippen molar-refractivity contribution in [3.8, 4) is 11.1 Å². The van der Waals surface area contributed by atoms with Crippen LogP contribution in [0.2, 0.25) is 0 Å². The summed E-state index contributed by atoms with van der Waals surface area (Å²) in [5.41, 5.74) is 3.30. The topological polar surface area (TPSA) is 80.8 Å². The quantitative estimate of drug-likeness (QED) is 0.478. The number of aryl methyl sites for hydroxylation is 1. The summed E-state index contributed by atoms with van der Waals surface area (Å²) in [5.74, 6) is 0.523. The Morgan fingerprint density at radius 2 is 1.81 bits per heavy atom. The van der Waals surface area contributed by atoms with Gasteiger partial charge < -0.3 is 9.64 Å². The maximum absolute atomic E-state index is 13.4. The summed E-state index contributed by atoms with van der Waals surface area (Å²) < 4.78 is 9.12. The molecule has 1 amide bonds. The van der Waals surface area contributed by atoms with E-state index in [-0.39, 0.29) is 0 Å². The molecule has 0 saturated carbocycles. The summed E-state index contributed by atoms with van der Waals surface area (Å²) in [5, 5.41) is 8.79. The minimum absolute atomic E-state index is 0.501. The van der Waals surface area contributed by atoms with Gasteiger partial charge in [-0.25, -0.2) is 14.7 Å². The number of amides is 1. The smallest absolute Gasteiger partial charge is 0.420 e. The Kier molecular flexibility index (Phi) is 5.33. The molecule has 3 heterocycles. The number of rotatable bonds is 4. The Morgan fingerprint density at radius 3 is 2.47 bits per heavy atom. The first-order chi connectivity index (χ1) is 15.1. The molecule has 0 saturated heterocycles. The lowest BCUT2D eigenvalue weighted by Crippen LogP contribution is -2.35. The molecule has 3 aromatic heterocycles. The molecule has 0 aliphatic rings. The molecule has 0 spiro atoms. The molecule has 0 bridgehead atoms. The molecule has 0 atom stereocenters. The maximum Gasteiger partial charge on any atom is 0.420 e. The number of ether oxygens (including phenoxy) is 1. The van der Waals surface area contributed by atoms with E-state index in [9.17, 15) is 4.79 Å². The summed E-state index contributed by atoms with van der Waals surface area (Å²) in [6.45, 7) is 5.53. The number of anilines is 3. The van der Waals surface area contributed by atoms with Gasteiger partial charge in [0.15, 0.2) is 5.65 Å². The van der Waals surface area contributed by atoms with E-state index in [1.165, 1.54) is 4.90 Å². The summed E-state index contributed by atoms with van der Waals surface area (Å²) in [6.07, 6.45) is 6.56. The van der Waals surface area contributed by atoms with E-state index in [1.807, 2.05) is 77.3 Å². The third-order valence-corrected chi connectivity index (χ3v) is 4.81. The van der Waals surface area contributed by atoms with Gasteiger partial charge in [-0.2, -0.15) is 14.7 Å². The highest BCUT2D eigenvalue weighted by atomic mass is 16.6. The summed E-state index contributed by atoms with van der Waals surface area (Å²) in [4.78, 5) is 21.4. The second kappa shape index (κ2) is 7.99. The first-order valence-corrected chi connectivity index (χ1v) is 10.3. The Morgan fingerprint density at radius 1 is 1.06 bits per heavy atom. The number of hydrogen-bond donors (Lipinski definition) is 0. The Bertz CT molecular complexity index is 1270. The third-order valence-electron chi connectivity index (χ3n) is 4.81. The van der Waals surface area contributed by atoms with Crippen molar-refractivity contribution in [2.75, 3.05) is 23.9 Å². The second-order valence-corrected chi connectivity index (χ2v) is 8.73. The lowest BCUT2D eigenvalue weighted by molar-refractivity contribution is 0.0597. The highest BCUT2D eigenvalue weighted by molar-refractivity contribution is 5.96. The molecular formula is C23H27N7O2. The molecule has 1 aromatic carbocycles. The van der Waals surface area contributed by atoms with Crippen LogP contribution in [-0.4, -0.2) is 50.2 Å². The van der Waals surface area contributed by atoms with E-state index < -0.39 is 11.7 Å². The van der Waals surface area contributed by atoms with Gasteiger partial charge >= 0.3 is 6.09 Å². The van der Waals surface area contributed by atoms with E-state index in [0.29, 0.717) is 17.2 Å². The second-order valence-electron chi connectivity index (χ2n) is 8.73. The van der Waals surface area contributed by atoms with Gasteiger partial charge in [0.05, 0.1) is 18.1 Å². The van der Waals surface area contributed by atoms with Crippen molar-refractivity contribution in [3.63, 3.8) is 0 Å². The van der Waals surface area contributed by atoms with E-state index in [0.717, 1.165) is 16.8 Å². The van der Waals surface area contributed by atoms with Gasteiger partial charge in [0.2, 0.25) is 0 Å². The zero-order valence-electron chi connectivity index (χ0n) is 19.1. The number of nitrogens with zero attached hydrogens (tertiary/aromatic N) is 7. The normalized spacial score (nSPS) is 11.6. The first kappa shape index (κ1) is 21.4. The molecule has 32 heavy (non-hydrogen) atoms. The van der Waals surface area contributed by atoms with Gasteiger partial charge in [0.25, 0.3) is 0 Å². The number of aromatic nitrogens is 5. The lowest BCUT2D eigenvalue weighted by atomic mass is 10.2. The molecule has 0 radical (unpaired) electrons. The lowest BCUT2D eigenvalue weighted by Gasteiger charge is -2.28. The van der Waals surface area contributed by atoms with Crippen molar-refractivity contribution in [3.05, 3.63) is 55.1 Å². The van der Waals surface area contributed by atoms with Gasteiger partial charge in [0, 0.05) is 56.4 Å². The van der Waals surface area contributed by atoms with Crippen molar-refractivity contribution in [2.45, 2.75) is 26.4 Å². The summed E-state index contributed by atoms with van der Waals surface area (Å²) in [6, 6.07) is 9.44. The average molecular weight is 434 g/mol. The molecule has 9 heteroatoms. The summed E-state index contributed by atoms with van der Waals surface area (Å²) >= 11 is 0. The Labute approximate surface area is 186 Å². The molecule has 0 unspecified atom stereocenters. The van der Waals surface area contributed by atoms with Crippen molar-refractivity contribution >= 4 is 28.9 Å². The highest BCUT2D eigenvalue weighted by Crippen LogP contribution is 2.32. The monoisotopic (exact) mass is 433 g/mol. The van der Waals surface area contributed by atoms with Gasteiger partial charge in [-0.3, -0.25) is 4.68 Å². The van der Waals surface area contributed by atoms with E-state index in [1.54, 1.807) is 33.9 Å². The van der Waals surface area contributed by atoms with Crippen molar-refractivity contribution in [1.29, 1.82) is 0 Å². The molecular weight excluding hydrogens is 406 g/mol. The molecule has 4 rings (SSSR count). The fraction of sp³-hybridized carbons (Fsp3) is 0.304. The van der Waals surface area contributed by atoms with E-state index >= 15 is 0 Å². The van der Waals surface area contributed by atoms with Gasteiger partial charge in [0.1, 0.15) is 11.4 Å². The third kappa shape index (κ3) is 4.14. The number of carbonyl (C=O) groups excluding carboxylic acids is 1. The first-order valence-electron chi connectivity index (χ1n) is 10.3. The van der Waals surface area contributed by atoms with Crippen LogP contribution in [0.5, 0.6) is 0 Å². The van der Waals surface area contributed by atoms with Crippen molar-refractivity contribution < 1.29 is 9.53 Å². The van der Waals surface area contributed by atoms with Gasteiger partial charge in [-0.15, -0.1) is 0 Å². The molecule has 0 fully saturated rings. The standard InChI is InChI=1S/C23H27N7O2/c1-23(2,3)32-22(31)29(18-9-7-8-17(12-18)27(4)5)20-10-11-24-21-19(14-26-30(20)21)16-13-25-28(6)15-16/h7-15H,1-6H3. The van der Waals surface area contributed by atoms with E-state index in [2.05, 4.69) is 15.2 Å². The van der Waals surface area contributed by atoms with Crippen LogP contribution in [0.4, 0.5) is 22.0 Å². The number of fused-ring (bicyclic) bond motifs is 1. The molecule has 4 aromatic rings. The number of carbonyl (C=O) groups is 1. The molecule has 0 aliphatic carbocycles. The van der Waals surface area contributed by atoms with Crippen LogP contribution in [0.25, 0.3) is 16.8 Å². The van der Waals surface area contributed by atoms with Crippen LogP contribution in [0, 0.1) is 0 Å². The molecule has 9 nitrogen and oxygen atoms in total. The minimum atomic E-state index is -0.661. The fourth-order valence-electron chi connectivity index (χ4n) is 3.36. The van der Waals surface area contributed by atoms with Gasteiger partial charge in [-0.05, 0) is 39.0 Å². The number of hydrogen-bond acceptors (Lipinski definition) is 6. The van der Waals surface area contributed by atoms with Crippen molar-refractivity contribution in [2.24, 2.45) is 7.05 Å². The highest BCUT2D eigenvalue weighted by Gasteiger charge is 2.28. The van der Waals surface area contributed by atoms with E-state index in [4.69, 9.17) is 4.74 Å². The van der Waals surface area contributed by atoms with Crippen LogP contribution >= 0.6 is 0 Å². The van der Waals surface area contributed by atoms with Crippen molar-refractivity contribution in [1.82, 2.24) is 24.4 Å². The maximum atomic E-state index is 13.4. The SMILES string of the molecule is CN(C)c1cccc(N(C(=O)OC(C)(C)C)c2ccnc3c(-c4cnn(C)c4)cnn23)c1. The predicted molar refractivity (Wildman–Crippen MR) is 124 cm³/mol. The Balaban J connectivity index is 1.89. The van der Waals surface area contributed by atoms with Crippen LogP contribution in [0.15, 0.2) is 55.1 Å². The molecule has 0 N–H and O–H groups in total. The minimum Gasteiger partial charge on any atom is -0.443 e. The molecule has 0 aliphatic heterocycles. The fourth-order valence-corrected chi connectivity index (χ4v) is 3.36. The molecule has 166 valence electrons. The van der Waals surface area contributed by atoms with Crippen LogP contribution in [-0.2, 0) is 11.8 Å². The zero-order chi connectivity index (χ0) is 23.0. The predicted octanol–water partition coefficient (Wildman–Crippen LogP) is 4.27. The Hall–Kier alpha value is -3.88. The largest absolute Gasteiger partial charge is 0.443 e. The summed E-state index contributed by atoms with van der Waals surface area (Å²) in [7, 11) is 5.76. The van der Waals surface area contributed by atoms with Crippen LogP contribution in [0.1, 0.15) is 20.8 Å².